The monoisotopic (exact) mass is 409 g/mol. The lowest BCUT2D eigenvalue weighted by Gasteiger charge is -2.16. The maximum Gasteiger partial charge on any atom is 0.176 e. The predicted octanol–water partition coefficient (Wildman–Crippen LogP) is 4.55. The summed E-state index contributed by atoms with van der Waals surface area (Å²) in [6.07, 6.45) is 1.43. The van der Waals surface area contributed by atoms with Crippen molar-refractivity contribution in [1.29, 1.82) is 0 Å². The second-order valence-corrected chi connectivity index (χ2v) is 7.69. The highest BCUT2D eigenvalue weighted by Gasteiger charge is 2.18. The maximum absolute atomic E-state index is 12.9. The van der Waals surface area contributed by atoms with Gasteiger partial charge in [0.05, 0.1) is 0 Å². The molecule has 2 atom stereocenters. The van der Waals surface area contributed by atoms with Gasteiger partial charge in [0, 0.05) is 36.4 Å². The summed E-state index contributed by atoms with van der Waals surface area (Å²) in [6.45, 7) is 6.80. The summed E-state index contributed by atoms with van der Waals surface area (Å²) in [6, 6.07) is 15.5. The molecule has 0 saturated heterocycles. The third-order valence-electron chi connectivity index (χ3n) is 5.30. The minimum Gasteiger partial charge on any atom is -0.487 e. The van der Waals surface area contributed by atoms with Crippen LogP contribution in [0.5, 0.6) is 5.75 Å². The number of aliphatic hydroxyl groups is 1. The van der Waals surface area contributed by atoms with Crippen LogP contribution in [0.3, 0.4) is 0 Å². The van der Waals surface area contributed by atoms with Gasteiger partial charge in [-0.1, -0.05) is 44.2 Å². The molecule has 1 heterocycles. The summed E-state index contributed by atoms with van der Waals surface area (Å²) in [5, 5.41) is 14.2. The molecule has 0 aliphatic heterocycles. The van der Waals surface area contributed by atoms with Crippen LogP contribution < -0.4 is 10.1 Å². The Morgan fingerprint density at radius 3 is 2.63 bits per heavy atom. The molecule has 160 valence electrons. The summed E-state index contributed by atoms with van der Waals surface area (Å²) in [4.78, 5) is 12.9. The van der Waals surface area contributed by atoms with Gasteiger partial charge in [-0.2, -0.15) is 0 Å². The first-order chi connectivity index (χ1) is 14.5. The van der Waals surface area contributed by atoms with Crippen molar-refractivity contribution in [3.05, 3.63) is 65.4 Å². The van der Waals surface area contributed by atoms with Crippen molar-refractivity contribution in [2.24, 2.45) is 0 Å². The highest BCUT2D eigenvalue weighted by atomic mass is 16.5. The van der Waals surface area contributed by atoms with Crippen LogP contribution >= 0.6 is 0 Å². The first-order valence-corrected chi connectivity index (χ1v) is 10.7. The molecule has 1 aromatic heterocycles. The molecule has 2 unspecified atom stereocenters. The van der Waals surface area contributed by atoms with E-state index in [0.29, 0.717) is 35.9 Å². The van der Waals surface area contributed by atoms with Gasteiger partial charge in [-0.3, -0.25) is 4.79 Å². The van der Waals surface area contributed by atoms with Gasteiger partial charge in [-0.15, -0.1) is 0 Å². The van der Waals surface area contributed by atoms with Gasteiger partial charge in [0.15, 0.2) is 17.1 Å². The Bertz CT molecular complexity index is 964. The number of hydrogen-bond donors (Lipinski definition) is 2. The smallest absolute Gasteiger partial charge is 0.176 e. The van der Waals surface area contributed by atoms with E-state index in [1.807, 2.05) is 43.3 Å². The van der Waals surface area contributed by atoms with Crippen LogP contribution in [0.25, 0.3) is 11.0 Å². The molecule has 0 fully saturated rings. The molecule has 5 nitrogen and oxygen atoms in total. The van der Waals surface area contributed by atoms with E-state index < -0.39 is 6.10 Å². The number of carbonyl (C=O) groups excluding carboxylic acids is 1. The summed E-state index contributed by atoms with van der Waals surface area (Å²) in [7, 11) is 0. The second-order valence-electron chi connectivity index (χ2n) is 7.69. The molecular formula is C25H31NO4. The van der Waals surface area contributed by atoms with Gasteiger partial charge in [0.1, 0.15) is 18.5 Å². The number of furan rings is 1. The molecular weight excluding hydrogens is 378 g/mol. The zero-order chi connectivity index (χ0) is 21.5. The zero-order valence-corrected chi connectivity index (χ0v) is 18.0. The van der Waals surface area contributed by atoms with Gasteiger partial charge >= 0.3 is 0 Å². The van der Waals surface area contributed by atoms with Crippen molar-refractivity contribution >= 4 is 16.8 Å². The number of carbonyl (C=O) groups is 1. The maximum atomic E-state index is 12.9. The first-order valence-electron chi connectivity index (χ1n) is 10.7. The number of aryl methyl sites for hydroxylation is 1. The Morgan fingerprint density at radius 1 is 1.17 bits per heavy atom. The van der Waals surface area contributed by atoms with E-state index in [1.54, 1.807) is 12.1 Å². The number of ketones is 1. The van der Waals surface area contributed by atoms with Crippen molar-refractivity contribution in [2.45, 2.75) is 52.2 Å². The quantitative estimate of drug-likeness (QED) is 0.455. The van der Waals surface area contributed by atoms with E-state index in [4.69, 9.17) is 9.15 Å². The number of fused-ring (bicyclic) bond motifs is 1. The third-order valence-corrected chi connectivity index (χ3v) is 5.30. The fraction of sp³-hybridized carbons (Fsp3) is 0.400. The number of ether oxygens (including phenoxy) is 1. The normalized spacial score (nSPS) is 13.3. The zero-order valence-electron chi connectivity index (χ0n) is 18.0. The van der Waals surface area contributed by atoms with Crippen LogP contribution in [0.1, 0.15) is 48.9 Å². The topological polar surface area (TPSA) is 71.7 Å². The minimum atomic E-state index is -0.631. The molecule has 0 bridgehead atoms. The Morgan fingerprint density at radius 2 is 1.93 bits per heavy atom. The van der Waals surface area contributed by atoms with Gasteiger partial charge in [0.25, 0.3) is 0 Å². The fourth-order valence-corrected chi connectivity index (χ4v) is 3.28. The van der Waals surface area contributed by atoms with E-state index in [2.05, 4.69) is 19.2 Å². The van der Waals surface area contributed by atoms with Crippen molar-refractivity contribution in [2.75, 3.05) is 13.2 Å². The molecule has 0 spiro atoms. The van der Waals surface area contributed by atoms with E-state index in [1.165, 1.54) is 0 Å². The van der Waals surface area contributed by atoms with E-state index in [0.717, 1.165) is 29.6 Å². The molecule has 0 saturated carbocycles. The Balaban J connectivity index is 1.78. The lowest BCUT2D eigenvalue weighted by atomic mass is 9.99. The van der Waals surface area contributed by atoms with Crippen molar-refractivity contribution in [1.82, 2.24) is 5.32 Å². The summed E-state index contributed by atoms with van der Waals surface area (Å²) in [5.41, 5.74) is 2.17. The molecule has 5 heteroatoms. The summed E-state index contributed by atoms with van der Waals surface area (Å²) >= 11 is 0. The molecule has 3 aromatic rings. The van der Waals surface area contributed by atoms with Gasteiger partial charge in [-0.05, 0) is 37.1 Å². The molecule has 2 aromatic carbocycles. The average Bonchev–Trinajstić information content (AvgIpc) is 3.21. The molecule has 2 N–H and O–H groups in total. The molecule has 3 rings (SSSR count). The standard InChI is InChI=1S/C25H31NO4/c1-4-17(3)26-15-19(27)16-29-24-12-11-21(22-14-20(5-2)30-25(22)24)23(28)13-18-9-7-6-8-10-18/h6-12,14,17,19,26-27H,4-5,13,15-16H2,1-3H3. The van der Waals surface area contributed by atoms with Crippen LogP contribution in [-0.4, -0.2) is 36.2 Å². The lowest BCUT2D eigenvalue weighted by Crippen LogP contribution is -2.36. The number of rotatable bonds is 11. The molecule has 0 aliphatic carbocycles. The molecule has 30 heavy (non-hydrogen) atoms. The Labute approximate surface area is 178 Å². The average molecular weight is 410 g/mol. The van der Waals surface area contributed by atoms with Crippen LogP contribution in [0.4, 0.5) is 0 Å². The van der Waals surface area contributed by atoms with Gasteiger partial charge in [0.2, 0.25) is 0 Å². The molecule has 0 radical (unpaired) electrons. The van der Waals surface area contributed by atoms with Crippen molar-refractivity contribution < 1.29 is 19.1 Å². The van der Waals surface area contributed by atoms with Crippen LogP contribution in [0.2, 0.25) is 0 Å². The lowest BCUT2D eigenvalue weighted by molar-refractivity contribution is 0.0992. The largest absolute Gasteiger partial charge is 0.487 e. The number of hydrogen-bond acceptors (Lipinski definition) is 5. The highest BCUT2D eigenvalue weighted by molar-refractivity contribution is 6.09. The van der Waals surface area contributed by atoms with Crippen molar-refractivity contribution in [3.8, 4) is 5.75 Å². The van der Waals surface area contributed by atoms with E-state index >= 15 is 0 Å². The number of Topliss-reactive ketones (excluding diaryl/α,β-unsaturated/α-hetero) is 1. The van der Waals surface area contributed by atoms with Gasteiger partial charge < -0.3 is 19.6 Å². The van der Waals surface area contributed by atoms with Crippen LogP contribution in [0.15, 0.2) is 52.9 Å². The van der Waals surface area contributed by atoms with E-state index in [9.17, 15) is 9.90 Å². The SMILES string of the molecule is CCc1cc2c(C(=O)Cc3ccccc3)ccc(OCC(O)CNC(C)CC)c2o1. The number of aliphatic hydroxyl groups excluding tert-OH is 1. The molecule has 0 aliphatic rings. The van der Waals surface area contributed by atoms with Crippen LogP contribution in [0, 0.1) is 0 Å². The Hall–Kier alpha value is -2.63. The van der Waals surface area contributed by atoms with Crippen LogP contribution in [-0.2, 0) is 12.8 Å². The van der Waals surface area contributed by atoms with Crippen molar-refractivity contribution in [3.63, 3.8) is 0 Å². The molecule has 0 amide bonds. The van der Waals surface area contributed by atoms with Gasteiger partial charge in [-0.25, -0.2) is 0 Å². The summed E-state index contributed by atoms with van der Waals surface area (Å²) in [5.74, 6) is 1.39. The number of benzene rings is 2. The van der Waals surface area contributed by atoms with E-state index in [-0.39, 0.29) is 12.4 Å². The second kappa shape index (κ2) is 10.4. The third kappa shape index (κ3) is 5.49. The number of nitrogens with one attached hydrogen (secondary N) is 1. The predicted molar refractivity (Wildman–Crippen MR) is 119 cm³/mol. The Kier molecular flexibility index (Phi) is 7.66. The fourth-order valence-electron chi connectivity index (χ4n) is 3.28. The summed E-state index contributed by atoms with van der Waals surface area (Å²) < 4.78 is 11.8. The first kappa shape index (κ1) is 22.1. The minimum absolute atomic E-state index is 0.0407. The highest BCUT2D eigenvalue weighted by Crippen LogP contribution is 2.32.